The lowest BCUT2D eigenvalue weighted by molar-refractivity contribution is -0.137. The van der Waals surface area contributed by atoms with Crippen LogP contribution in [0.15, 0.2) is 0 Å². The first kappa shape index (κ1) is 13.8. The van der Waals surface area contributed by atoms with Crippen molar-refractivity contribution in [1.82, 2.24) is 4.90 Å². The number of rotatable bonds is 4. The molecule has 1 aliphatic carbocycles. The van der Waals surface area contributed by atoms with Crippen LogP contribution in [-0.4, -0.2) is 44.2 Å². The number of likely N-dealkylation sites (tertiary alicyclic amines) is 1. The van der Waals surface area contributed by atoms with E-state index in [1.807, 2.05) is 4.90 Å². The van der Waals surface area contributed by atoms with E-state index in [9.17, 15) is 4.79 Å². The topological polar surface area (TPSA) is 55.6 Å². The Morgan fingerprint density at radius 2 is 2.11 bits per heavy atom. The average molecular weight is 254 g/mol. The molecule has 0 radical (unpaired) electrons. The van der Waals surface area contributed by atoms with E-state index in [1.165, 1.54) is 12.8 Å². The number of carbonyl (C=O) groups excluding carboxylic acids is 1. The Labute approximate surface area is 110 Å². The molecule has 0 aromatic carbocycles. The van der Waals surface area contributed by atoms with Gasteiger partial charge in [-0.15, -0.1) is 0 Å². The van der Waals surface area contributed by atoms with Gasteiger partial charge in [-0.1, -0.05) is 12.8 Å². The molecule has 4 nitrogen and oxygen atoms in total. The molecule has 1 amide bonds. The Morgan fingerprint density at radius 1 is 1.33 bits per heavy atom. The van der Waals surface area contributed by atoms with Crippen LogP contribution in [0.1, 0.15) is 32.1 Å². The fourth-order valence-electron chi connectivity index (χ4n) is 3.45. The zero-order valence-electron chi connectivity index (χ0n) is 11.4. The van der Waals surface area contributed by atoms with Gasteiger partial charge in [0.2, 0.25) is 5.91 Å². The summed E-state index contributed by atoms with van der Waals surface area (Å²) in [6.45, 7) is 3.21. The number of hydrogen-bond donors (Lipinski definition) is 1. The summed E-state index contributed by atoms with van der Waals surface area (Å²) in [6, 6.07) is 0. The number of nitrogens with two attached hydrogens (primary N) is 1. The van der Waals surface area contributed by atoms with E-state index in [2.05, 4.69) is 0 Å². The van der Waals surface area contributed by atoms with E-state index in [1.54, 1.807) is 7.11 Å². The lowest BCUT2D eigenvalue weighted by Gasteiger charge is -2.32. The maximum Gasteiger partial charge on any atom is 0.226 e. The maximum absolute atomic E-state index is 12.5. The van der Waals surface area contributed by atoms with E-state index < -0.39 is 0 Å². The SMILES string of the molecule is COCC1CCN(C(=O)C2CCCCC2CN)C1. The number of nitrogens with zero attached hydrogens (tertiary/aromatic N) is 1. The van der Waals surface area contributed by atoms with Crippen LogP contribution in [0.25, 0.3) is 0 Å². The summed E-state index contributed by atoms with van der Waals surface area (Å²) in [5.74, 6) is 1.47. The molecule has 2 N–H and O–H groups in total. The molecule has 2 rings (SSSR count). The summed E-state index contributed by atoms with van der Waals surface area (Å²) < 4.78 is 5.18. The van der Waals surface area contributed by atoms with Crippen LogP contribution in [0, 0.1) is 17.8 Å². The van der Waals surface area contributed by atoms with Crippen LogP contribution in [0.2, 0.25) is 0 Å². The second-order valence-electron chi connectivity index (χ2n) is 5.78. The molecule has 2 aliphatic rings. The zero-order chi connectivity index (χ0) is 13.0. The third-order valence-corrected chi connectivity index (χ3v) is 4.53. The normalized spacial score (nSPS) is 32.8. The number of amides is 1. The fourth-order valence-corrected chi connectivity index (χ4v) is 3.45. The molecule has 1 saturated heterocycles. The van der Waals surface area contributed by atoms with Crippen molar-refractivity contribution in [2.45, 2.75) is 32.1 Å². The summed E-state index contributed by atoms with van der Waals surface area (Å²) in [6.07, 6.45) is 5.66. The summed E-state index contributed by atoms with van der Waals surface area (Å²) in [4.78, 5) is 14.6. The highest BCUT2D eigenvalue weighted by Gasteiger charge is 2.35. The number of hydrogen-bond acceptors (Lipinski definition) is 3. The molecule has 0 bridgehead atoms. The molecule has 3 unspecified atom stereocenters. The first-order valence-corrected chi connectivity index (χ1v) is 7.24. The molecule has 104 valence electrons. The number of ether oxygens (including phenoxy) is 1. The minimum absolute atomic E-state index is 0.185. The van der Waals surface area contributed by atoms with Gasteiger partial charge in [0, 0.05) is 32.0 Å². The molecule has 1 saturated carbocycles. The van der Waals surface area contributed by atoms with E-state index in [0.717, 1.165) is 39.0 Å². The Kier molecular flexibility index (Phi) is 5.01. The molecular formula is C14H26N2O2. The first-order chi connectivity index (χ1) is 8.76. The Bertz CT molecular complexity index is 283. The number of methoxy groups -OCH3 is 1. The van der Waals surface area contributed by atoms with Gasteiger partial charge in [0.1, 0.15) is 0 Å². The van der Waals surface area contributed by atoms with Crippen molar-refractivity contribution >= 4 is 5.91 Å². The van der Waals surface area contributed by atoms with Gasteiger partial charge in [-0.25, -0.2) is 0 Å². The van der Waals surface area contributed by atoms with Gasteiger partial charge in [-0.05, 0) is 31.7 Å². The van der Waals surface area contributed by atoms with Gasteiger partial charge >= 0.3 is 0 Å². The summed E-state index contributed by atoms with van der Waals surface area (Å²) in [5.41, 5.74) is 5.81. The molecule has 0 spiro atoms. The van der Waals surface area contributed by atoms with Crippen LogP contribution >= 0.6 is 0 Å². The lowest BCUT2D eigenvalue weighted by Crippen LogP contribution is -2.41. The van der Waals surface area contributed by atoms with Crippen molar-refractivity contribution in [3.8, 4) is 0 Å². The average Bonchev–Trinajstić information content (AvgIpc) is 2.87. The predicted molar refractivity (Wildman–Crippen MR) is 71.1 cm³/mol. The van der Waals surface area contributed by atoms with Gasteiger partial charge in [0.25, 0.3) is 0 Å². The molecule has 0 aromatic heterocycles. The lowest BCUT2D eigenvalue weighted by atomic mass is 9.78. The molecular weight excluding hydrogens is 228 g/mol. The van der Waals surface area contributed by atoms with Gasteiger partial charge in [-0.2, -0.15) is 0 Å². The molecule has 0 aromatic rings. The van der Waals surface area contributed by atoms with Gasteiger partial charge < -0.3 is 15.4 Å². The highest BCUT2D eigenvalue weighted by Crippen LogP contribution is 2.32. The van der Waals surface area contributed by atoms with Crippen molar-refractivity contribution in [2.75, 3.05) is 33.4 Å². The van der Waals surface area contributed by atoms with Gasteiger partial charge in [0.05, 0.1) is 6.61 Å². The quantitative estimate of drug-likeness (QED) is 0.821. The third-order valence-electron chi connectivity index (χ3n) is 4.53. The Balaban J connectivity index is 1.90. The van der Waals surface area contributed by atoms with Crippen LogP contribution in [0.5, 0.6) is 0 Å². The summed E-state index contributed by atoms with van der Waals surface area (Å²) >= 11 is 0. The Morgan fingerprint density at radius 3 is 2.83 bits per heavy atom. The predicted octanol–water partition coefficient (Wildman–Crippen LogP) is 1.25. The second kappa shape index (κ2) is 6.53. The van der Waals surface area contributed by atoms with Crippen LogP contribution in [0.4, 0.5) is 0 Å². The second-order valence-corrected chi connectivity index (χ2v) is 5.78. The van der Waals surface area contributed by atoms with Crippen molar-refractivity contribution in [1.29, 1.82) is 0 Å². The molecule has 1 aliphatic heterocycles. The van der Waals surface area contributed by atoms with E-state index in [-0.39, 0.29) is 5.92 Å². The van der Waals surface area contributed by atoms with E-state index >= 15 is 0 Å². The van der Waals surface area contributed by atoms with E-state index in [0.29, 0.717) is 24.3 Å². The highest BCUT2D eigenvalue weighted by molar-refractivity contribution is 5.79. The zero-order valence-corrected chi connectivity index (χ0v) is 11.4. The van der Waals surface area contributed by atoms with Gasteiger partial charge in [-0.3, -0.25) is 4.79 Å². The standard InChI is InChI=1S/C14H26N2O2/c1-18-10-11-6-7-16(9-11)14(17)13-5-3-2-4-12(13)8-15/h11-13H,2-10,15H2,1H3. The maximum atomic E-state index is 12.5. The van der Waals surface area contributed by atoms with Crippen LogP contribution < -0.4 is 5.73 Å². The molecule has 1 heterocycles. The minimum Gasteiger partial charge on any atom is -0.384 e. The highest BCUT2D eigenvalue weighted by atomic mass is 16.5. The van der Waals surface area contributed by atoms with Crippen molar-refractivity contribution in [3.05, 3.63) is 0 Å². The van der Waals surface area contributed by atoms with Crippen molar-refractivity contribution < 1.29 is 9.53 Å². The van der Waals surface area contributed by atoms with E-state index in [4.69, 9.17) is 10.5 Å². The number of carbonyl (C=O) groups is 1. The van der Waals surface area contributed by atoms with Crippen molar-refractivity contribution in [3.63, 3.8) is 0 Å². The Hall–Kier alpha value is -0.610. The summed E-state index contributed by atoms with van der Waals surface area (Å²) in [7, 11) is 1.73. The molecule has 4 heteroatoms. The largest absolute Gasteiger partial charge is 0.384 e. The molecule has 18 heavy (non-hydrogen) atoms. The molecule has 3 atom stereocenters. The van der Waals surface area contributed by atoms with Crippen molar-refractivity contribution in [2.24, 2.45) is 23.5 Å². The summed E-state index contributed by atoms with van der Waals surface area (Å²) in [5, 5.41) is 0. The van der Waals surface area contributed by atoms with Crippen LogP contribution in [0.3, 0.4) is 0 Å². The first-order valence-electron chi connectivity index (χ1n) is 7.24. The molecule has 2 fully saturated rings. The monoisotopic (exact) mass is 254 g/mol. The fraction of sp³-hybridized carbons (Fsp3) is 0.929. The van der Waals surface area contributed by atoms with Gasteiger partial charge in [0.15, 0.2) is 0 Å². The minimum atomic E-state index is 0.185. The van der Waals surface area contributed by atoms with Crippen LogP contribution in [-0.2, 0) is 9.53 Å². The third kappa shape index (κ3) is 3.04. The smallest absolute Gasteiger partial charge is 0.226 e.